The van der Waals surface area contributed by atoms with Crippen molar-refractivity contribution in [3.05, 3.63) is 0 Å². The van der Waals surface area contributed by atoms with E-state index in [4.69, 9.17) is 9.79 Å². The molecule has 0 bridgehead atoms. The Labute approximate surface area is 44.1 Å². The van der Waals surface area contributed by atoms with Crippen LogP contribution in [-0.4, -0.2) is 9.79 Å². The van der Waals surface area contributed by atoms with Crippen LogP contribution in [0.2, 0.25) is 0 Å². The molecule has 0 aliphatic rings. The van der Waals surface area contributed by atoms with Crippen molar-refractivity contribution in [2.75, 3.05) is 0 Å². The summed E-state index contributed by atoms with van der Waals surface area (Å²) in [6, 6.07) is 0. The molecule has 5 nitrogen and oxygen atoms in total. The molecule has 0 unspecified atom stereocenters. The molecule has 0 atom stereocenters. The van der Waals surface area contributed by atoms with E-state index in [0.717, 1.165) is 0 Å². The zero-order valence-corrected chi connectivity index (χ0v) is 4.59. The van der Waals surface area contributed by atoms with Crippen LogP contribution < -0.4 is 0 Å². The molecule has 0 radical (unpaired) electrons. The molecule has 2 N–H and O–H groups in total. The summed E-state index contributed by atoms with van der Waals surface area (Å²) in [4.78, 5) is 15.4. The Morgan fingerprint density at radius 2 is 2.00 bits per heavy atom. The Bertz CT molecular complexity index is 82.1. The fourth-order valence-electron chi connectivity index (χ4n) is 0.0367. The summed E-state index contributed by atoms with van der Waals surface area (Å²) in [6.45, 7) is 0. The van der Waals surface area contributed by atoms with Crippen LogP contribution in [0.25, 0.3) is 0 Å². The van der Waals surface area contributed by atoms with Crippen LogP contribution in [-0.2, 0) is 13.7 Å². The minimum Gasteiger partial charge on any atom is -0.301 e. The summed E-state index contributed by atoms with van der Waals surface area (Å²) in [5.41, 5.74) is 0. The summed E-state index contributed by atoms with van der Waals surface area (Å²) in [5, 5.41) is 0. The van der Waals surface area contributed by atoms with Crippen LogP contribution in [0.3, 0.4) is 0 Å². The van der Waals surface area contributed by atoms with E-state index in [0.29, 0.717) is 0 Å². The predicted molar refractivity (Wildman–Crippen MR) is 20.1 cm³/mol. The molecule has 0 aromatic carbocycles. The SMILES string of the molecule is O=P(O)(O)OOCl. The number of halogens is 1. The number of hydrogen-bond donors (Lipinski definition) is 2. The molecule has 0 saturated carbocycles. The van der Waals surface area contributed by atoms with Gasteiger partial charge in [0.05, 0.1) is 0 Å². The maximum Gasteiger partial charge on any atom is 0.498 e. The molecule has 0 aliphatic carbocycles. The van der Waals surface area contributed by atoms with E-state index >= 15 is 0 Å². The number of phosphoric acid groups is 1. The average Bonchev–Trinajstić information content (AvgIpc) is 1.30. The number of rotatable bonds is 2. The van der Waals surface area contributed by atoms with Gasteiger partial charge in [-0.2, -0.15) is 0 Å². The minimum absolute atomic E-state index is 3.12. The van der Waals surface area contributed by atoms with Gasteiger partial charge >= 0.3 is 7.82 Å². The number of hydrogen-bond acceptors (Lipinski definition) is 3. The van der Waals surface area contributed by atoms with E-state index in [1.54, 1.807) is 0 Å². The van der Waals surface area contributed by atoms with Crippen LogP contribution in [0.5, 0.6) is 0 Å². The topological polar surface area (TPSA) is 76.0 Å². The van der Waals surface area contributed by atoms with Crippen molar-refractivity contribution in [1.29, 1.82) is 0 Å². The van der Waals surface area contributed by atoms with Gasteiger partial charge in [0.15, 0.2) is 0 Å². The molecule has 0 saturated heterocycles. The van der Waals surface area contributed by atoms with Crippen molar-refractivity contribution in [2.45, 2.75) is 0 Å². The van der Waals surface area contributed by atoms with E-state index in [1.165, 1.54) is 0 Å². The quantitative estimate of drug-likeness (QED) is 0.332. The third-order valence-corrected chi connectivity index (χ3v) is 0.545. The Hall–Kier alpha value is 0.360. The molecule has 7 heteroatoms. The van der Waals surface area contributed by atoms with Gasteiger partial charge in [-0.05, 0) is 0 Å². The zero-order valence-electron chi connectivity index (χ0n) is 2.94. The molecule has 0 fully saturated rings. The fraction of sp³-hybridized carbons (Fsp3) is 0. The summed E-state index contributed by atoms with van der Waals surface area (Å²) in [7, 11) is -4.52. The third-order valence-electron chi connectivity index (χ3n) is 0.125. The lowest BCUT2D eigenvalue weighted by Gasteiger charge is -1.94. The van der Waals surface area contributed by atoms with E-state index in [-0.39, 0.29) is 0 Å². The van der Waals surface area contributed by atoms with Crippen molar-refractivity contribution in [2.24, 2.45) is 0 Å². The standard InChI is InChI=1S/ClH2O5P/c1-5-6-7(2,3)4/h(H2,2,3,4). The van der Waals surface area contributed by atoms with E-state index < -0.39 is 7.82 Å². The lowest BCUT2D eigenvalue weighted by molar-refractivity contribution is -0.115. The first-order chi connectivity index (χ1) is 3.06. The van der Waals surface area contributed by atoms with Gasteiger partial charge in [-0.15, -0.1) is 9.11 Å². The van der Waals surface area contributed by atoms with Gasteiger partial charge in [0.1, 0.15) is 11.9 Å². The van der Waals surface area contributed by atoms with Gasteiger partial charge in [0.2, 0.25) is 0 Å². The van der Waals surface area contributed by atoms with Crippen molar-refractivity contribution in [3.63, 3.8) is 0 Å². The summed E-state index contributed by atoms with van der Waals surface area (Å²) >= 11 is 4.27. The monoisotopic (exact) mass is 148 g/mol. The van der Waals surface area contributed by atoms with E-state index in [2.05, 4.69) is 21.0 Å². The first-order valence-electron chi connectivity index (χ1n) is 1.09. The normalized spacial score (nSPS) is 11.9. The molecule has 0 aliphatic heterocycles. The zero-order chi connectivity index (χ0) is 5.91. The second-order valence-corrected chi connectivity index (χ2v) is 1.88. The third kappa shape index (κ3) is 6.36. The highest BCUT2D eigenvalue weighted by Gasteiger charge is 2.13. The van der Waals surface area contributed by atoms with Crippen LogP contribution in [0.1, 0.15) is 0 Å². The molecule has 0 heterocycles. The van der Waals surface area contributed by atoms with Gasteiger partial charge in [0, 0.05) is 0 Å². The second-order valence-electron chi connectivity index (χ2n) is 0.628. The highest BCUT2D eigenvalue weighted by Crippen LogP contribution is 2.36. The molecule has 0 rings (SSSR count). The molecule has 7 heavy (non-hydrogen) atoms. The van der Waals surface area contributed by atoms with Crippen molar-refractivity contribution < 1.29 is 23.5 Å². The van der Waals surface area contributed by atoms with Crippen molar-refractivity contribution in [3.8, 4) is 0 Å². The van der Waals surface area contributed by atoms with Gasteiger partial charge in [-0.1, -0.05) is 0 Å². The average molecular weight is 148 g/mol. The van der Waals surface area contributed by atoms with Gasteiger partial charge in [-0.3, -0.25) is 0 Å². The summed E-state index contributed by atoms with van der Waals surface area (Å²) in [5.74, 6) is 0. The van der Waals surface area contributed by atoms with Crippen LogP contribution in [0.15, 0.2) is 0 Å². The Balaban J connectivity index is 3.36. The lowest BCUT2D eigenvalue weighted by Crippen LogP contribution is -1.79. The van der Waals surface area contributed by atoms with Crippen molar-refractivity contribution in [1.82, 2.24) is 0 Å². The van der Waals surface area contributed by atoms with Crippen LogP contribution >= 0.6 is 19.7 Å². The maximum absolute atomic E-state index is 9.49. The molecule has 0 amide bonds. The lowest BCUT2D eigenvalue weighted by atomic mass is 14.9. The molecular formula is H2ClO5P. The van der Waals surface area contributed by atoms with Gasteiger partial charge < -0.3 is 9.79 Å². The van der Waals surface area contributed by atoms with Crippen molar-refractivity contribution >= 4 is 19.7 Å². The largest absolute Gasteiger partial charge is 0.498 e. The Kier molecular flexibility index (Phi) is 2.75. The maximum atomic E-state index is 9.49. The van der Waals surface area contributed by atoms with Gasteiger partial charge in [-0.25, -0.2) is 4.57 Å². The smallest absolute Gasteiger partial charge is 0.301 e. The fourth-order valence-corrected chi connectivity index (χ4v) is 0.330. The molecular weight excluding hydrogens is 146 g/mol. The molecule has 0 aromatic rings. The molecule has 0 aromatic heterocycles. The summed E-state index contributed by atoms with van der Waals surface area (Å²) in [6.07, 6.45) is 0. The Morgan fingerprint density at radius 3 is 2.00 bits per heavy atom. The Morgan fingerprint density at radius 1 is 1.57 bits per heavy atom. The van der Waals surface area contributed by atoms with Crippen LogP contribution in [0, 0.1) is 0 Å². The highest BCUT2D eigenvalue weighted by atomic mass is 35.5. The van der Waals surface area contributed by atoms with E-state index in [9.17, 15) is 4.57 Å². The first-order valence-corrected chi connectivity index (χ1v) is 2.93. The highest BCUT2D eigenvalue weighted by molar-refractivity contribution is 7.46. The second kappa shape index (κ2) is 2.61. The predicted octanol–water partition coefficient (Wildman–Crippen LogP) is 0.181. The van der Waals surface area contributed by atoms with Crippen LogP contribution in [0.4, 0.5) is 0 Å². The molecule has 0 spiro atoms. The van der Waals surface area contributed by atoms with Gasteiger partial charge in [0.25, 0.3) is 0 Å². The first kappa shape index (κ1) is 7.36. The summed E-state index contributed by atoms with van der Waals surface area (Å²) < 4.78 is 15.8. The minimum atomic E-state index is -4.52. The molecule has 44 valence electrons. The van der Waals surface area contributed by atoms with E-state index in [1.807, 2.05) is 0 Å².